The first-order valence-corrected chi connectivity index (χ1v) is 8.37. The van der Waals surface area contributed by atoms with Gasteiger partial charge in [0.25, 0.3) is 0 Å². The van der Waals surface area contributed by atoms with Crippen LogP contribution in [0.5, 0.6) is 0 Å². The summed E-state index contributed by atoms with van der Waals surface area (Å²) in [4.78, 5) is 25.9. The highest BCUT2D eigenvalue weighted by molar-refractivity contribution is 9.10. The van der Waals surface area contributed by atoms with Crippen LogP contribution >= 0.6 is 15.9 Å². The van der Waals surface area contributed by atoms with E-state index in [2.05, 4.69) is 21.2 Å². The normalized spacial score (nSPS) is 17.2. The first-order valence-electron chi connectivity index (χ1n) is 7.57. The summed E-state index contributed by atoms with van der Waals surface area (Å²) in [5, 5.41) is 2.83. The summed E-state index contributed by atoms with van der Waals surface area (Å²) >= 11 is 3.41. The molecule has 1 fully saturated rings. The van der Waals surface area contributed by atoms with Gasteiger partial charge < -0.3 is 10.2 Å². The van der Waals surface area contributed by atoms with Crippen molar-refractivity contribution in [1.82, 2.24) is 0 Å². The molecule has 4 nitrogen and oxygen atoms in total. The lowest BCUT2D eigenvalue weighted by molar-refractivity contribution is -0.122. The van der Waals surface area contributed by atoms with Crippen LogP contribution in [0.15, 0.2) is 46.9 Å². The predicted octanol–water partition coefficient (Wildman–Crippen LogP) is 3.89. The summed E-state index contributed by atoms with van der Waals surface area (Å²) in [6.45, 7) is 2.11. The lowest BCUT2D eigenvalue weighted by Crippen LogP contribution is -2.28. The maximum absolute atomic E-state index is 13.9. The SMILES string of the molecule is Cc1cc(NC(=O)[C@@H]2CC(=O)N(c3ccccc3F)C2)ccc1Br. The fourth-order valence-corrected chi connectivity index (χ4v) is 3.00. The van der Waals surface area contributed by atoms with Crippen LogP contribution in [0.4, 0.5) is 15.8 Å². The lowest BCUT2D eigenvalue weighted by Gasteiger charge is -2.17. The predicted molar refractivity (Wildman–Crippen MR) is 94.4 cm³/mol. The summed E-state index contributed by atoms with van der Waals surface area (Å²) in [6, 6.07) is 11.6. The van der Waals surface area contributed by atoms with E-state index in [0.29, 0.717) is 5.69 Å². The largest absolute Gasteiger partial charge is 0.326 e. The molecule has 0 bridgehead atoms. The molecule has 0 saturated carbocycles. The Kier molecular flexibility index (Phi) is 4.66. The van der Waals surface area contributed by atoms with Crippen LogP contribution < -0.4 is 10.2 Å². The quantitative estimate of drug-likeness (QED) is 0.863. The molecule has 0 radical (unpaired) electrons. The summed E-state index contributed by atoms with van der Waals surface area (Å²) in [6.07, 6.45) is 0.0790. The van der Waals surface area contributed by atoms with Gasteiger partial charge in [-0.3, -0.25) is 9.59 Å². The smallest absolute Gasteiger partial charge is 0.229 e. The molecule has 0 spiro atoms. The molecular weight excluding hydrogens is 375 g/mol. The Labute approximate surface area is 147 Å². The molecule has 0 aromatic heterocycles. The summed E-state index contributed by atoms with van der Waals surface area (Å²) in [5.74, 6) is -1.44. The fraction of sp³-hybridized carbons (Fsp3) is 0.222. The molecule has 1 saturated heterocycles. The molecule has 2 amide bonds. The third-order valence-electron chi connectivity index (χ3n) is 4.06. The second-order valence-electron chi connectivity index (χ2n) is 5.81. The van der Waals surface area contributed by atoms with E-state index >= 15 is 0 Å². The van der Waals surface area contributed by atoms with Gasteiger partial charge in [-0.05, 0) is 42.8 Å². The molecule has 0 aliphatic carbocycles. The molecule has 6 heteroatoms. The Morgan fingerprint density at radius 2 is 2.04 bits per heavy atom. The monoisotopic (exact) mass is 390 g/mol. The van der Waals surface area contributed by atoms with E-state index in [4.69, 9.17) is 0 Å². The van der Waals surface area contributed by atoms with Gasteiger partial charge in [0.15, 0.2) is 0 Å². The van der Waals surface area contributed by atoms with E-state index in [1.54, 1.807) is 24.3 Å². The standard InChI is InChI=1S/C18H16BrFN2O2/c1-11-8-13(6-7-14(11)19)21-18(24)12-9-17(23)22(10-12)16-5-3-2-4-15(16)20/h2-8,12H,9-10H2,1H3,(H,21,24)/t12-/m1/s1. The van der Waals surface area contributed by atoms with E-state index in [-0.39, 0.29) is 30.5 Å². The fourth-order valence-electron chi connectivity index (χ4n) is 2.75. The minimum atomic E-state index is -0.499. The van der Waals surface area contributed by atoms with E-state index in [0.717, 1.165) is 10.0 Å². The maximum Gasteiger partial charge on any atom is 0.229 e. The van der Waals surface area contributed by atoms with E-state index < -0.39 is 11.7 Å². The van der Waals surface area contributed by atoms with Gasteiger partial charge in [-0.25, -0.2) is 4.39 Å². The van der Waals surface area contributed by atoms with Crippen molar-refractivity contribution in [3.8, 4) is 0 Å². The van der Waals surface area contributed by atoms with Crippen LogP contribution in [-0.2, 0) is 9.59 Å². The Hall–Kier alpha value is -2.21. The molecule has 24 heavy (non-hydrogen) atoms. The van der Waals surface area contributed by atoms with Crippen molar-refractivity contribution in [3.63, 3.8) is 0 Å². The Balaban J connectivity index is 1.72. The number of rotatable bonds is 3. The van der Waals surface area contributed by atoms with Crippen LogP contribution in [0.25, 0.3) is 0 Å². The second kappa shape index (κ2) is 6.73. The Bertz CT molecular complexity index is 809. The zero-order valence-corrected chi connectivity index (χ0v) is 14.6. The van der Waals surface area contributed by atoms with Crippen LogP contribution in [0.2, 0.25) is 0 Å². The number of carbonyl (C=O) groups is 2. The average Bonchev–Trinajstić information content (AvgIpc) is 2.93. The second-order valence-corrected chi connectivity index (χ2v) is 6.66. The molecule has 124 valence electrons. The number of hydrogen-bond donors (Lipinski definition) is 1. The van der Waals surface area contributed by atoms with Crippen molar-refractivity contribution in [2.24, 2.45) is 5.92 Å². The Morgan fingerprint density at radius 1 is 1.29 bits per heavy atom. The van der Waals surface area contributed by atoms with Crippen LogP contribution in [0, 0.1) is 18.7 Å². The van der Waals surface area contributed by atoms with E-state index in [1.807, 2.05) is 19.1 Å². The number of carbonyl (C=O) groups excluding carboxylic acids is 2. The Morgan fingerprint density at radius 3 is 2.75 bits per heavy atom. The van der Waals surface area contributed by atoms with E-state index in [1.165, 1.54) is 11.0 Å². The first kappa shape index (κ1) is 16.6. The summed E-state index contributed by atoms with van der Waals surface area (Å²) in [5.41, 5.74) is 1.90. The highest BCUT2D eigenvalue weighted by Gasteiger charge is 2.36. The third kappa shape index (κ3) is 3.33. The van der Waals surface area contributed by atoms with Crippen molar-refractivity contribution < 1.29 is 14.0 Å². The molecule has 1 aliphatic heterocycles. The zero-order chi connectivity index (χ0) is 17.3. The molecule has 2 aromatic rings. The van der Waals surface area contributed by atoms with Gasteiger partial charge in [-0.15, -0.1) is 0 Å². The van der Waals surface area contributed by atoms with Crippen molar-refractivity contribution in [2.45, 2.75) is 13.3 Å². The van der Waals surface area contributed by atoms with Crippen LogP contribution in [0.1, 0.15) is 12.0 Å². The highest BCUT2D eigenvalue weighted by atomic mass is 79.9. The first-order chi connectivity index (χ1) is 11.5. The lowest BCUT2D eigenvalue weighted by atomic mass is 10.1. The minimum Gasteiger partial charge on any atom is -0.326 e. The van der Waals surface area contributed by atoms with Crippen molar-refractivity contribution in [1.29, 1.82) is 0 Å². The third-order valence-corrected chi connectivity index (χ3v) is 4.95. The van der Waals surface area contributed by atoms with Gasteiger partial charge in [0.05, 0.1) is 11.6 Å². The molecular formula is C18H16BrFN2O2. The number of halogens is 2. The van der Waals surface area contributed by atoms with Crippen LogP contribution in [-0.4, -0.2) is 18.4 Å². The van der Waals surface area contributed by atoms with Gasteiger partial charge >= 0.3 is 0 Å². The summed E-state index contributed by atoms with van der Waals surface area (Å²) in [7, 11) is 0. The van der Waals surface area contributed by atoms with Gasteiger partial charge in [0, 0.05) is 23.1 Å². The van der Waals surface area contributed by atoms with Gasteiger partial charge in [0.1, 0.15) is 5.82 Å². The average molecular weight is 391 g/mol. The minimum absolute atomic E-state index is 0.0790. The molecule has 1 heterocycles. The van der Waals surface area contributed by atoms with Gasteiger partial charge in [-0.1, -0.05) is 28.1 Å². The number of aryl methyl sites for hydroxylation is 1. The van der Waals surface area contributed by atoms with Gasteiger partial charge in [0.2, 0.25) is 11.8 Å². The number of benzene rings is 2. The number of nitrogens with zero attached hydrogens (tertiary/aromatic N) is 1. The van der Waals surface area contributed by atoms with Crippen molar-refractivity contribution in [2.75, 3.05) is 16.8 Å². The zero-order valence-electron chi connectivity index (χ0n) is 13.1. The number of hydrogen-bond acceptors (Lipinski definition) is 2. The highest BCUT2D eigenvalue weighted by Crippen LogP contribution is 2.28. The molecule has 2 aromatic carbocycles. The van der Waals surface area contributed by atoms with Crippen molar-refractivity contribution in [3.05, 3.63) is 58.3 Å². The maximum atomic E-state index is 13.9. The van der Waals surface area contributed by atoms with Crippen molar-refractivity contribution >= 4 is 39.1 Å². The number of nitrogens with one attached hydrogen (secondary N) is 1. The molecule has 1 aliphatic rings. The molecule has 3 rings (SSSR count). The number of amides is 2. The van der Waals surface area contributed by atoms with Gasteiger partial charge in [-0.2, -0.15) is 0 Å². The summed E-state index contributed by atoms with van der Waals surface area (Å²) < 4.78 is 14.8. The molecule has 1 N–H and O–H groups in total. The van der Waals surface area contributed by atoms with E-state index in [9.17, 15) is 14.0 Å². The number of para-hydroxylation sites is 1. The van der Waals surface area contributed by atoms with Crippen LogP contribution in [0.3, 0.4) is 0 Å². The molecule has 1 atom stereocenters. The topological polar surface area (TPSA) is 49.4 Å². The molecule has 0 unspecified atom stereocenters. The number of anilines is 2.